The lowest BCUT2D eigenvalue weighted by Crippen LogP contribution is -2.27. The van der Waals surface area contributed by atoms with Crippen LogP contribution in [0.25, 0.3) is 0 Å². The van der Waals surface area contributed by atoms with Crippen LogP contribution in [0.4, 0.5) is 0 Å². The molecule has 0 fully saturated rings. The monoisotopic (exact) mass is 289 g/mol. The Bertz CT molecular complexity index is 582. The highest BCUT2D eigenvalue weighted by atomic mass is 16.5. The van der Waals surface area contributed by atoms with Crippen molar-refractivity contribution in [3.05, 3.63) is 41.7 Å². The number of amides is 1. The Morgan fingerprint density at radius 2 is 2.05 bits per heavy atom. The van der Waals surface area contributed by atoms with Crippen molar-refractivity contribution in [3.8, 4) is 11.5 Å². The third-order valence-electron chi connectivity index (χ3n) is 3.09. The van der Waals surface area contributed by atoms with E-state index in [-0.39, 0.29) is 5.91 Å². The van der Waals surface area contributed by atoms with E-state index in [9.17, 15) is 4.79 Å². The van der Waals surface area contributed by atoms with Crippen molar-refractivity contribution in [2.24, 2.45) is 0 Å². The first kappa shape index (κ1) is 14.9. The van der Waals surface area contributed by atoms with Crippen LogP contribution in [0.2, 0.25) is 0 Å². The molecule has 1 amide bonds. The second-order valence-electron chi connectivity index (χ2n) is 4.55. The van der Waals surface area contributed by atoms with Gasteiger partial charge in [-0.15, -0.1) is 0 Å². The number of carbonyl (C=O) groups is 1. The van der Waals surface area contributed by atoms with Crippen molar-refractivity contribution in [3.63, 3.8) is 0 Å². The predicted molar refractivity (Wildman–Crippen MR) is 78.6 cm³/mol. The molecule has 112 valence electrons. The van der Waals surface area contributed by atoms with Crippen LogP contribution >= 0.6 is 0 Å². The largest absolute Gasteiger partial charge is 0.493 e. The van der Waals surface area contributed by atoms with Crippen molar-refractivity contribution in [2.45, 2.75) is 12.8 Å². The second-order valence-corrected chi connectivity index (χ2v) is 4.55. The molecule has 0 atom stereocenters. The van der Waals surface area contributed by atoms with E-state index in [1.165, 1.54) is 0 Å². The first-order valence-corrected chi connectivity index (χ1v) is 6.68. The van der Waals surface area contributed by atoms with Crippen LogP contribution < -0.4 is 14.8 Å². The van der Waals surface area contributed by atoms with Crippen LogP contribution in [-0.2, 0) is 17.6 Å². The molecule has 0 aliphatic heterocycles. The summed E-state index contributed by atoms with van der Waals surface area (Å²) in [6.07, 6.45) is 2.67. The summed E-state index contributed by atoms with van der Waals surface area (Å²) < 4.78 is 10.4. The molecule has 0 bridgehead atoms. The van der Waals surface area contributed by atoms with Crippen LogP contribution in [0.1, 0.15) is 11.3 Å². The van der Waals surface area contributed by atoms with Gasteiger partial charge in [-0.1, -0.05) is 6.07 Å². The van der Waals surface area contributed by atoms with Crippen molar-refractivity contribution in [2.75, 3.05) is 20.8 Å². The maximum atomic E-state index is 11.7. The molecule has 0 saturated carbocycles. The zero-order valence-electron chi connectivity index (χ0n) is 12.2. The van der Waals surface area contributed by atoms with E-state index in [0.29, 0.717) is 24.5 Å². The fourth-order valence-electron chi connectivity index (χ4n) is 2.00. The lowest BCUT2D eigenvalue weighted by molar-refractivity contribution is -0.120. The molecule has 6 nitrogen and oxygen atoms in total. The zero-order chi connectivity index (χ0) is 15.1. The molecule has 0 radical (unpaired) electrons. The van der Waals surface area contributed by atoms with Gasteiger partial charge < -0.3 is 14.8 Å². The number of benzene rings is 1. The number of aromatic nitrogens is 2. The van der Waals surface area contributed by atoms with Crippen LogP contribution in [0.5, 0.6) is 11.5 Å². The third-order valence-corrected chi connectivity index (χ3v) is 3.09. The van der Waals surface area contributed by atoms with Gasteiger partial charge in [0.2, 0.25) is 5.91 Å². The van der Waals surface area contributed by atoms with E-state index < -0.39 is 0 Å². The van der Waals surface area contributed by atoms with Gasteiger partial charge in [-0.3, -0.25) is 9.89 Å². The Balaban J connectivity index is 1.81. The molecule has 1 aromatic carbocycles. The number of H-pyrrole nitrogens is 1. The third kappa shape index (κ3) is 4.24. The molecule has 6 heteroatoms. The fraction of sp³-hybridized carbons (Fsp3) is 0.333. The Morgan fingerprint density at radius 3 is 2.71 bits per heavy atom. The molecule has 0 aliphatic rings. The van der Waals surface area contributed by atoms with E-state index in [1.54, 1.807) is 26.5 Å². The molecule has 0 saturated heterocycles. The molecule has 0 aliphatic carbocycles. The Labute approximate surface area is 123 Å². The minimum Gasteiger partial charge on any atom is -0.493 e. The molecule has 0 unspecified atom stereocenters. The van der Waals surface area contributed by atoms with E-state index in [0.717, 1.165) is 17.7 Å². The molecule has 0 spiro atoms. The van der Waals surface area contributed by atoms with Crippen LogP contribution in [0.15, 0.2) is 30.5 Å². The lowest BCUT2D eigenvalue weighted by atomic mass is 10.1. The average molecular weight is 289 g/mol. The van der Waals surface area contributed by atoms with Gasteiger partial charge in [0.25, 0.3) is 0 Å². The van der Waals surface area contributed by atoms with E-state index >= 15 is 0 Å². The molecule has 2 N–H and O–H groups in total. The average Bonchev–Trinajstić information content (AvgIpc) is 2.99. The summed E-state index contributed by atoms with van der Waals surface area (Å²) in [6.45, 7) is 0.572. The number of methoxy groups -OCH3 is 2. The van der Waals surface area contributed by atoms with Crippen molar-refractivity contribution >= 4 is 5.91 Å². The maximum absolute atomic E-state index is 11.7. The van der Waals surface area contributed by atoms with E-state index in [4.69, 9.17) is 9.47 Å². The smallest absolute Gasteiger partial charge is 0.226 e. The van der Waals surface area contributed by atoms with Crippen molar-refractivity contribution in [1.29, 1.82) is 0 Å². The van der Waals surface area contributed by atoms with Crippen molar-refractivity contribution < 1.29 is 14.3 Å². The fourth-order valence-corrected chi connectivity index (χ4v) is 2.00. The predicted octanol–water partition coefficient (Wildman–Crippen LogP) is 1.33. The highest BCUT2D eigenvalue weighted by molar-refractivity contribution is 5.78. The SMILES string of the molecule is COc1ccc(CCNC(=O)Cc2ccn[nH]2)cc1OC. The van der Waals surface area contributed by atoms with Gasteiger partial charge in [0.15, 0.2) is 11.5 Å². The van der Waals surface area contributed by atoms with Crippen LogP contribution in [0.3, 0.4) is 0 Å². The standard InChI is InChI=1S/C15H19N3O3/c1-20-13-4-3-11(9-14(13)21-2)5-7-16-15(19)10-12-6-8-17-18-12/h3-4,6,8-9H,5,7,10H2,1-2H3,(H,16,19)(H,17,18). The number of hydrogen-bond acceptors (Lipinski definition) is 4. The Hall–Kier alpha value is -2.50. The molecule has 2 aromatic rings. The van der Waals surface area contributed by atoms with Crippen molar-refractivity contribution in [1.82, 2.24) is 15.5 Å². The molecule has 2 rings (SSSR count). The Morgan fingerprint density at radius 1 is 1.24 bits per heavy atom. The minimum atomic E-state index is -0.0280. The lowest BCUT2D eigenvalue weighted by Gasteiger charge is -2.10. The van der Waals surface area contributed by atoms with E-state index in [1.807, 2.05) is 18.2 Å². The number of rotatable bonds is 7. The number of nitrogens with one attached hydrogen (secondary N) is 2. The number of hydrogen-bond donors (Lipinski definition) is 2. The van der Waals surface area contributed by atoms with Gasteiger partial charge in [0, 0.05) is 18.4 Å². The normalized spacial score (nSPS) is 10.2. The summed E-state index contributed by atoms with van der Waals surface area (Å²) in [5.41, 5.74) is 1.88. The van der Waals surface area contributed by atoms with Gasteiger partial charge in [-0.2, -0.15) is 5.10 Å². The van der Waals surface area contributed by atoms with Crippen LogP contribution in [-0.4, -0.2) is 36.9 Å². The second kappa shape index (κ2) is 7.33. The topological polar surface area (TPSA) is 76.2 Å². The summed E-state index contributed by atoms with van der Waals surface area (Å²) in [7, 11) is 3.21. The summed E-state index contributed by atoms with van der Waals surface area (Å²) in [4.78, 5) is 11.7. The highest BCUT2D eigenvalue weighted by Gasteiger charge is 2.06. The summed E-state index contributed by atoms with van der Waals surface area (Å²) in [5, 5.41) is 9.45. The van der Waals surface area contributed by atoms with Gasteiger partial charge in [-0.05, 0) is 30.2 Å². The molecule has 1 aromatic heterocycles. The quantitative estimate of drug-likeness (QED) is 0.806. The molecular formula is C15H19N3O3. The summed E-state index contributed by atoms with van der Waals surface area (Å²) >= 11 is 0. The van der Waals surface area contributed by atoms with Gasteiger partial charge in [0.05, 0.1) is 20.6 Å². The zero-order valence-corrected chi connectivity index (χ0v) is 12.2. The van der Waals surface area contributed by atoms with Gasteiger partial charge in [0.1, 0.15) is 0 Å². The van der Waals surface area contributed by atoms with E-state index in [2.05, 4.69) is 15.5 Å². The van der Waals surface area contributed by atoms with Gasteiger partial charge in [-0.25, -0.2) is 0 Å². The number of carbonyl (C=O) groups excluding carboxylic acids is 1. The summed E-state index contributed by atoms with van der Waals surface area (Å²) in [5.74, 6) is 1.36. The molecular weight excluding hydrogens is 270 g/mol. The first-order valence-electron chi connectivity index (χ1n) is 6.68. The maximum Gasteiger partial charge on any atom is 0.226 e. The highest BCUT2D eigenvalue weighted by Crippen LogP contribution is 2.27. The van der Waals surface area contributed by atoms with Crippen LogP contribution in [0, 0.1) is 0 Å². The summed E-state index contributed by atoms with van der Waals surface area (Å²) in [6, 6.07) is 7.52. The molecule has 21 heavy (non-hydrogen) atoms. The molecule has 1 heterocycles. The minimum absolute atomic E-state index is 0.0280. The number of nitrogens with zero attached hydrogens (tertiary/aromatic N) is 1. The number of aromatic amines is 1. The number of ether oxygens (including phenoxy) is 2. The van der Waals surface area contributed by atoms with Gasteiger partial charge >= 0.3 is 0 Å². The Kier molecular flexibility index (Phi) is 5.20. The first-order chi connectivity index (χ1) is 10.2.